The van der Waals surface area contributed by atoms with E-state index >= 15 is 0 Å². The second-order valence-electron chi connectivity index (χ2n) is 0.996. The molecule has 6 heteroatoms. The fraction of sp³-hybridized carbons (Fsp3) is 1.00. The van der Waals surface area contributed by atoms with Crippen molar-refractivity contribution in [2.45, 2.75) is 23.5 Å². The van der Waals surface area contributed by atoms with E-state index in [9.17, 15) is 17.6 Å². The number of rotatable bonds is 1. The van der Waals surface area contributed by atoms with Crippen LogP contribution in [0.15, 0.2) is 0 Å². The zero-order chi connectivity index (χ0) is 9.00. The molecular weight excluding hydrogens is 284 g/mol. The molecule has 0 N–H and O–H groups in total. The van der Waals surface area contributed by atoms with Gasteiger partial charge in [-0.3, -0.25) is 0 Å². The molecule has 0 radical (unpaired) electrons. The van der Waals surface area contributed by atoms with E-state index < -0.39 is 9.66 Å². The van der Waals surface area contributed by atoms with Crippen LogP contribution in [0.5, 0.6) is 0 Å². The highest BCUT2D eigenvalue weighted by Crippen LogP contribution is 2.43. The average molecular weight is 290 g/mol. The third-order valence-electron chi connectivity index (χ3n) is 0.321. The van der Waals surface area contributed by atoms with Gasteiger partial charge in [0.05, 0.1) is 0 Å². The maximum absolute atomic E-state index is 11.3. The van der Waals surface area contributed by atoms with Crippen LogP contribution in [0.2, 0.25) is 0 Å². The molecule has 0 amide bonds. The molecule has 0 spiro atoms. The van der Waals surface area contributed by atoms with Crippen molar-refractivity contribution in [1.29, 1.82) is 0 Å². The Bertz CT molecular complexity index is 70.2. The molecule has 0 rings (SSSR count). The third-order valence-corrected chi connectivity index (χ3v) is 1.85. The molecule has 0 aliphatic rings. The lowest BCUT2D eigenvalue weighted by molar-refractivity contribution is -0.0724. The van der Waals surface area contributed by atoms with E-state index in [1.807, 2.05) is 13.8 Å². The zero-order valence-corrected chi connectivity index (χ0v) is 8.44. The minimum Gasteiger partial charge on any atom is -0.186 e. The number of hydrogen-bond donors (Lipinski definition) is 0. The molecule has 0 aromatic carbocycles. The van der Waals surface area contributed by atoms with E-state index in [1.165, 1.54) is 31.9 Å². The van der Waals surface area contributed by atoms with Crippen LogP contribution in [-0.4, -0.2) is 9.66 Å². The van der Waals surface area contributed by atoms with Gasteiger partial charge in [-0.15, -0.1) is 0 Å². The van der Waals surface area contributed by atoms with Crippen molar-refractivity contribution in [2.24, 2.45) is 0 Å². The number of halogens is 6. The molecule has 0 atom stereocenters. The number of hydrogen-bond acceptors (Lipinski definition) is 0. The first-order valence-electron chi connectivity index (χ1n) is 2.38. The van der Waals surface area contributed by atoms with Crippen molar-refractivity contribution < 1.29 is 17.6 Å². The van der Waals surface area contributed by atoms with E-state index in [1.54, 1.807) is 0 Å². The first kappa shape index (κ1) is 13.3. The van der Waals surface area contributed by atoms with Gasteiger partial charge in [0, 0.05) is 0 Å². The second kappa shape index (κ2) is 4.54. The highest BCUT2D eigenvalue weighted by molar-refractivity contribution is 9.12. The summed E-state index contributed by atoms with van der Waals surface area (Å²) in [6, 6.07) is 0. The molecule has 0 unspecified atom stereocenters. The summed E-state index contributed by atoms with van der Waals surface area (Å²) in [6.45, 7) is 4.00. The molecule has 0 saturated carbocycles. The smallest absolute Gasteiger partial charge is 0.186 e. The van der Waals surface area contributed by atoms with Crippen LogP contribution in [0.25, 0.3) is 0 Å². The summed E-state index contributed by atoms with van der Waals surface area (Å²) in [5.74, 6) is 0. The van der Waals surface area contributed by atoms with Gasteiger partial charge in [-0.05, 0) is 31.9 Å². The third kappa shape index (κ3) is 5.46. The van der Waals surface area contributed by atoms with E-state index in [0.717, 1.165) is 0 Å². The standard InChI is InChI=1S/C2Br2F4.C2H6/c3-1(5,6)2(4,7)8;1-2/h;1-2H3. The normalized spacial score (nSPS) is 12.0. The van der Waals surface area contributed by atoms with Crippen LogP contribution in [-0.2, 0) is 0 Å². The van der Waals surface area contributed by atoms with Crippen LogP contribution < -0.4 is 0 Å². The largest absolute Gasteiger partial charge is 0.373 e. The molecule has 0 aromatic heterocycles. The van der Waals surface area contributed by atoms with Crippen molar-refractivity contribution in [2.75, 3.05) is 0 Å². The summed E-state index contributed by atoms with van der Waals surface area (Å²) in [4.78, 5) is -8.33. The molecule has 0 aliphatic heterocycles. The van der Waals surface area contributed by atoms with Gasteiger partial charge in [0.2, 0.25) is 0 Å². The van der Waals surface area contributed by atoms with Gasteiger partial charge in [-0.25, -0.2) is 0 Å². The van der Waals surface area contributed by atoms with Crippen LogP contribution in [0, 0.1) is 0 Å². The Hall–Kier alpha value is 0.680. The lowest BCUT2D eigenvalue weighted by atomic mass is 10.8. The molecule has 0 saturated heterocycles. The molecule has 0 bridgehead atoms. The fourth-order valence-corrected chi connectivity index (χ4v) is 0. The summed E-state index contributed by atoms with van der Waals surface area (Å²) in [6.07, 6.45) is 0. The second-order valence-corrected chi connectivity index (χ2v) is 2.99. The van der Waals surface area contributed by atoms with Crippen LogP contribution in [0.4, 0.5) is 17.6 Å². The topological polar surface area (TPSA) is 0 Å². The predicted octanol–water partition coefficient (Wildman–Crippen LogP) is 3.99. The molecule has 0 nitrogen and oxygen atoms in total. The molecule has 64 valence electrons. The SMILES string of the molecule is CC.FC(F)(Br)C(F)(F)Br. The fourth-order valence-electron chi connectivity index (χ4n) is 0. The van der Waals surface area contributed by atoms with Crippen LogP contribution >= 0.6 is 31.9 Å². The Kier molecular flexibility index (Phi) is 6.03. The lowest BCUT2D eigenvalue weighted by Gasteiger charge is -2.13. The Morgan fingerprint density at radius 2 is 0.900 bits per heavy atom. The molecular formula is C4H6Br2F4. The minimum absolute atomic E-state index is 1.47. The summed E-state index contributed by atoms with van der Waals surface area (Å²) < 4.78 is 45.4. The van der Waals surface area contributed by atoms with Gasteiger partial charge in [0.1, 0.15) is 0 Å². The quantitative estimate of drug-likeness (QED) is 0.506. The van der Waals surface area contributed by atoms with Crippen molar-refractivity contribution in [3.8, 4) is 0 Å². The predicted molar refractivity (Wildman–Crippen MR) is 39.1 cm³/mol. The highest BCUT2D eigenvalue weighted by Gasteiger charge is 2.52. The molecule has 0 heterocycles. The van der Waals surface area contributed by atoms with Gasteiger partial charge in [0.25, 0.3) is 0 Å². The summed E-state index contributed by atoms with van der Waals surface area (Å²) >= 11 is 2.94. The van der Waals surface area contributed by atoms with Crippen molar-refractivity contribution in [3.63, 3.8) is 0 Å². The van der Waals surface area contributed by atoms with Gasteiger partial charge in [-0.1, -0.05) is 13.8 Å². The monoisotopic (exact) mass is 288 g/mol. The van der Waals surface area contributed by atoms with Gasteiger partial charge >= 0.3 is 9.66 Å². The van der Waals surface area contributed by atoms with E-state index in [-0.39, 0.29) is 0 Å². The van der Waals surface area contributed by atoms with Gasteiger partial charge < -0.3 is 0 Å². The van der Waals surface area contributed by atoms with E-state index in [0.29, 0.717) is 0 Å². The molecule has 0 fully saturated rings. The lowest BCUT2D eigenvalue weighted by Crippen LogP contribution is -2.27. The average Bonchev–Trinajstić information content (AvgIpc) is 1.66. The summed E-state index contributed by atoms with van der Waals surface area (Å²) in [5, 5.41) is 0. The first-order valence-corrected chi connectivity index (χ1v) is 3.97. The van der Waals surface area contributed by atoms with Gasteiger partial charge in [0.15, 0.2) is 0 Å². The Morgan fingerprint density at radius 1 is 0.800 bits per heavy atom. The number of alkyl halides is 6. The van der Waals surface area contributed by atoms with Crippen LogP contribution in [0.1, 0.15) is 13.8 Å². The van der Waals surface area contributed by atoms with Crippen LogP contribution in [0.3, 0.4) is 0 Å². The van der Waals surface area contributed by atoms with Crippen molar-refractivity contribution in [1.82, 2.24) is 0 Å². The summed E-state index contributed by atoms with van der Waals surface area (Å²) in [5.41, 5.74) is 0. The van der Waals surface area contributed by atoms with E-state index in [2.05, 4.69) is 0 Å². The summed E-state index contributed by atoms with van der Waals surface area (Å²) in [7, 11) is 0. The maximum Gasteiger partial charge on any atom is 0.373 e. The van der Waals surface area contributed by atoms with Gasteiger partial charge in [-0.2, -0.15) is 17.6 Å². The first-order chi connectivity index (χ1) is 4.25. The zero-order valence-electron chi connectivity index (χ0n) is 5.27. The Balaban J connectivity index is 0. The minimum atomic E-state index is -4.17. The van der Waals surface area contributed by atoms with Crippen molar-refractivity contribution in [3.05, 3.63) is 0 Å². The molecule has 10 heavy (non-hydrogen) atoms. The molecule has 0 aromatic rings. The highest BCUT2D eigenvalue weighted by atomic mass is 79.9. The van der Waals surface area contributed by atoms with E-state index in [4.69, 9.17) is 0 Å². The maximum atomic E-state index is 11.3. The molecule has 0 aliphatic carbocycles. The Morgan fingerprint density at radius 3 is 0.900 bits per heavy atom. The van der Waals surface area contributed by atoms with Crippen molar-refractivity contribution >= 4 is 31.9 Å². The Labute approximate surface area is 73.2 Å².